The zero-order chi connectivity index (χ0) is 23.4. The van der Waals surface area contributed by atoms with Gasteiger partial charge in [0.25, 0.3) is 0 Å². The van der Waals surface area contributed by atoms with Gasteiger partial charge in [0.05, 0.1) is 22.5 Å². The maximum atomic E-state index is 9.78. The van der Waals surface area contributed by atoms with Crippen LogP contribution < -0.4 is 15.5 Å². The molecule has 0 amide bonds. The number of anilines is 1. The molecule has 2 fully saturated rings. The lowest BCUT2D eigenvalue weighted by atomic mass is 9.75. The first-order valence-electron chi connectivity index (χ1n) is 11.9. The molecule has 172 valence electrons. The van der Waals surface area contributed by atoms with Crippen LogP contribution in [0, 0.1) is 18.3 Å². The Hall–Kier alpha value is -2.53. The summed E-state index contributed by atoms with van der Waals surface area (Å²) in [5, 5.41) is 13.3. The Morgan fingerprint density at radius 2 is 1.82 bits per heavy atom. The number of fused-ring (bicyclic) bond motifs is 1. The van der Waals surface area contributed by atoms with Gasteiger partial charge in [-0.3, -0.25) is 4.90 Å². The van der Waals surface area contributed by atoms with E-state index in [9.17, 15) is 5.26 Å². The van der Waals surface area contributed by atoms with Crippen molar-refractivity contribution in [1.82, 2.24) is 4.90 Å². The van der Waals surface area contributed by atoms with Crippen LogP contribution in [0.2, 0.25) is 0 Å². The Balaban J connectivity index is 1.41. The predicted octanol–water partition coefficient (Wildman–Crippen LogP) is 4.26. The van der Waals surface area contributed by atoms with Crippen molar-refractivity contribution >= 4 is 18.3 Å². The maximum Gasteiger partial charge on any atom is 0.495 e. The van der Waals surface area contributed by atoms with Crippen LogP contribution in [0.1, 0.15) is 69.0 Å². The summed E-state index contributed by atoms with van der Waals surface area (Å²) in [4.78, 5) is 2.44. The fraction of sp³-hybridized carbons (Fsp3) is 0.500. The zero-order valence-corrected chi connectivity index (χ0v) is 20.2. The van der Waals surface area contributed by atoms with E-state index in [-0.39, 0.29) is 6.23 Å². The van der Waals surface area contributed by atoms with Crippen LogP contribution in [0.3, 0.4) is 0 Å². The fourth-order valence-corrected chi connectivity index (χ4v) is 4.91. The molecule has 1 N–H and O–H groups in total. The highest BCUT2D eigenvalue weighted by Crippen LogP contribution is 2.42. The van der Waals surface area contributed by atoms with Crippen LogP contribution in [0.5, 0.6) is 5.75 Å². The van der Waals surface area contributed by atoms with E-state index in [1.165, 1.54) is 12.8 Å². The molecule has 0 spiro atoms. The van der Waals surface area contributed by atoms with Gasteiger partial charge in [-0.25, -0.2) is 0 Å². The third-order valence-electron chi connectivity index (χ3n) is 7.60. The Bertz CT molecular complexity index is 1100. The topological polar surface area (TPSA) is 66.8 Å². The van der Waals surface area contributed by atoms with Crippen molar-refractivity contribution < 1.29 is 14.0 Å². The highest BCUT2D eigenvalue weighted by Gasteiger charge is 2.52. The number of nitrogens with one attached hydrogen (secondary N) is 1. The lowest BCUT2D eigenvalue weighted by Crippen LogP contribution is -2.41. The van der Waals surface area contributed by atoms with Gasteiger partial charge in [0.1, 0.15) is 6.07 Å². The van der Waals surface area contributed by atoms with Crippen molar-refractivity contribution in [3.05, 3.63) is 52.6 Å². The van der Waals surface area contributed by atoms with E-state index in [2.05, 4.69) is 69.1 Å². The van der Waals surface area contributed by atoms with Crippen molar-refractivity contribution in [3.63, 3.8) is 0 Å². The summed E-state index contributed by atoms with van der Waals surface area (Å²) in [5.74, 6) is 0.633. The van der Waals surface area contributed by atoms with Crippen LogP contribution in [0.25, 0.3) is 0 Å². The van der Waals surface area contributed by atoms with Crippen LogP contribution in [-0.2, 0) is 15.9 Å². The largest absolute Gasteiger partial charge is 0.495 e. The fourth-order valence-electron chi connectivity index (χ4n) is 4.91. The molecule has 0 aromatic heterocycles. The molecule has 2 aromatic rings. The molecule has 0 bridgehead atoms. The molecular weight excluding hydrogens is 413 g/mol. The van der Waals surface area contributed by atoms with Crippen LogP contribution >= 0.6 is 0 Å². The molecule has 6 nitrogen and oxygen atoms in total. The molecular formula is C26H32BN3O3. The maximum absolute atomic E-state index is 9.78. The Morgan fingerprint density at radius 3 is 2.48 bits per heavy atom. The molecule has 7 heteroatoms. The molecule has 0 saturated carbocycles. The predicted molar refractivity (Wildman–Crippen MR) is 130 cm³/mol. The Morgan fingerprint density at radius 1 is 1.12 bits per heavy atom. The number of nitriles is 1. The summed E-state index contributed by atoms with van der Waals surface area (Å²) in [5.41, 5.74) is 4.90. The minimum atomic E-state index is -0.430. The number of ether oxygens (including phenoxy) is 1. The number of hydrogen-bond donors (Lipinski definition) is 1. The second-order valence-electron chi connectivity index (χ2n) is 10.4. The molecule has 3 aliphatic heterocycles. The Labute approximate surface area is 197 Å². The summed E-state index contributed by atoms with van der Waals surface area (Å²) in [6.07, 6.45) is 2.13. The highest BCUT2D eigenvalue weighted by molar-refractivity contribution is 6.62. The van der Waals surface area contributed by atoms with Crippen molar-refractivity contribution in [2.24, 2.45) is 0 Å². The molecule has 0 radical (unpaired) electrons. The van der Waals surface area contributed by atoms with Gasteiger partial charge in [-0.05, 0) is 89.3 Å². The standard InChI is InChI=1S/C26H32BN3O3/c1-17-20(9-8-10-21(17)27-32-25(2,3)26(4,5)33-27)24-29-22-14-18(16-30-11-6-7-12-30)13-19(15-28)23(22)31-24/h8-10,13-14,24,29H,6-7,11-12,16H2,1-5H3. The minimum Gasteiger partial charge on any atom is -0.463 e. The van der Waals surface area contributed by atoms with Gasteiger partial charge < -0.3 is 19.4 Å². The number of rotatable bonds is 4. The average Bonchev–Trinajstić information content (AvgIpc) is 3.46. The van der Waals surface area contributed by atoms with Crippen molar-refractivity contribution in [2.75, 3.05) is 18.4 Å². The number of likely N-dealkylation sites (tertiary alicyclic amines) is 1. The SMILES string of the molecule is Cc1c(B2OC(C)(C)C(C)(C)O2)cccc1C1Nc2cc(CN3CCCC3)cc(C#N)c2O1. The lowest BCUT2D eigenvalue weighted by molar-refractivity contribution is 0.00578. The average molecular weight is 445 g/mol. The lowest BCUT2D eigenvalue weighted by Gasteiger charge is -2.32. The molecule has 3 heterocycles. The van der Waals surface area contributed by atoms with Gasteiger partial charge in [-0.1, -0.05) is 18.2 Å². The first-order chi connectivity index (χ1) is 15.7. The van der Waals surface area contributed by atoms with Gasteiger partial charge in [0.15, 0.2) is 12.0 Å². The van der Waals surface area contributed by atoms with Gasteiger partial charge >= 0.3 is 7.12 Å². The first-order valence-corrected chi connectivity index (χ1v) is 11.9. The second kappa shape index (κ2) is 8.05. The number of nitrogens with zero attached hydrogens (tertiary/aromatic N) is 2. The third kappa shape index (κ3) is 3.91. The molecule has 3 aliphatic rings. The van der Waals surface area contributed by atoms with E-state index < -0.39 is 18.3 Å². The molecule has 0 aliphatic carbocycles. The van der Waals surface area contributed by atoms with Crippen molar-refractivity contribution in [3.8, 4) is 11.8 Å². The van der Waals surface area contributed by atoms with E-state index in [1.54, 1.807) is 0 Å². The molecule has 5 rings (SSSR count). The van der Waals surface area contributed by atoms with E-state index >= 15 is 0 Å². The van der Waals surface area contributed by atoms with E-state index in [4.69, 9.17) is 14.0 Å². The van der Waals surface area contributed by atoms with Crippen LogP contribution in [0.4, 0.5) is 5.69 Å². The van der Waals surface area contributed by atoms with Gasteiger partial charge in [0, 0.05) is 12.1 Å². The summed E-state index contributed by atoms with van der Waals surface area (Å²) in [6.45, 7) is 13.4. The van der Waals surface area contributed by atoms with Crippen LogP contribution in [-0.4, -0.2) is 36.3 Å². The Kier molecular flexibility index (Phi) is 5.44. The summed E-state index contributed by atoms with van der Waals surface area (Å²) < 4.78 is 18.9. The van der Waals surface area contributed by atoms with Gasteiger partial charge in [-0.2, -0.15) is 5.26 Å². The number of hydrogen-bond acceptors (Lipinski definition) is 6. The molecule has 1 atom stereocenters. The molecule has 33 heavy (non-hydrogen) atoms. The second-order valence-corrected chi connectivity index (χ2v) is 10.4. The van der Waals surface area contributed by atoms with Crippen molar-refractivity contribution in [1.29, 1.82) is 5.26 Å². The van der Waals surface area contributed by atoms with E-state index in [0.29, 0.717) is 11.3 Å². The van der Waals surface area contributed by atoms with Crippen molar-refractivity contribution in [2.45, 2.75) is 71.4 Å². The quantitative estimate of drug-likeness (QED) is 0.710. The molecule has 2 aromatic carbocycles. The van der Waals surface area contributed by atoms with Gasteiger partial charge in [-0.15, -0.1) is 0 Å². The van der Waals surface area contributed by atoms with Gasteiger partial charge in [0.2, 0.25) is 0 Å². The monoisotopic (exact) mass is 445 g/mol. The first kappa shape index (κ1) is 22.3. The highest BCUT2D eigenvalue weighted by atomic mass is 16.7. The minimum absolute atomic E-state index is 0.364. The zero-order valence-electron chi connectivity index (χ0n) is 20.2. The summed E-state index contributed by atoms with van der Waals surface area (Å²) in [6, 6.07) is 12.6. The van der Waals surface area contributed by atoms with Crippen LogP contribution in [0.15, 0.2) is 30.3 Å². The van der Waals surface area contributed by atoms with E-state index in [1.807, 2.05) is 12.1 Å². The molecule has 1 unspecified atom stereocenters. The normalized spacial score (nSPS) is 23.2. The smallest absolute Gasteiger partial charge is 0.463 e. The molecule has 2 saturated heterocycles. The third-order valence-corrected chi connectivity index (χ3v) is 7.60. The number of benzene rings is 2. The van der Waals surface area contributed by atoms with E-state index in [0.717, 1.165) is 47.5 Å². The summed E-state index contributed by atoms with van der Waals surface area (Å²) in [7, 11) is -0.430. The summed E-state index contributed by atoms with van der Waals surface area (Å²) >= 11 is 0.